The van der Waals surface area contributed by atoms with Crippen LogP contribution < -0.4 is 0 Å². The van der Waals surface area contributed by atoms with Crippen molar-refractivity contribution < 1.29 is 14.5 Å². The van der Waals surface area contributed by atoms with E-state index in [9.17, 15) is 14.9 Å². The average molecular weight is 275 g/mol. The molecule has 1 heterocycles. The van der Waals surface area contributed by atoms with Crippen LogP contribution in [0.15, 0.2) is 30.3 Å². The summed E-state index contributed by atoms with van der Waals surface area (Å²) in [4.78, 5) is 28.5. The van der Waals surface area contributed by atoms with Crippen LogP contribution in [0.3, 0.4) is 0 Å². The Morgan fingerprint density at radius 2 is 2.10 bits per heavy atom. The third kappa shape index (κ3) is 3.19. The molecule has 104 valence electrons. The monoisotopic (exact) mass is 275 g/mol. The van der Waals surface area contributed by atoms with Gasteiger partial charge in [0.1, 0.15) is 5.69 Å². The number of imidazole rings is 1. The topological polar surface area (TPSA) is 98.1 Å². The van der Waals surface area contributed by atoms with Crippen molar-refractivity contribution in [2.75, 3.05) is 6.61 Å². The molecule has 0 atom stereocenters. The van der Waals surface area contributed by atoms with Crippen LogP contribution in [-0.4, -0.2) is 27.5 Å². The van der Waals surface area contributed by atoms with E-state index in [4.69, 9.17) is 4.74 Å². The molecule has 0 saturated heterocycles. The Morgan fingerprint density at radius 1 is 1.40 bits per heavy atom. The highest BCUT2D eigenvalue weighted by Crippen LogP contribution is 2.15. The van der Waals surface area contributed by atoms with Gasteiger partial charge in [-0.15, -0.1) is 0 Å². The Kier molecular flexibility index (Phi) is 4.09. The molecule has 0 saturated carbocycles. The second kappa shape index (κ2) is 5.96. The van der Waals surface area contributed by atoms with Crippen molar-refractivity contribution in [3.63, 3.8) is 0 Å². The van der Waals surface area contributed by atoms with Gasteiger partial charge < -0.3 is 14.9 Å². The highest BCUT2D eigenvalue weighted by molar-refractivity contribution is 5.89. The van der Waals surface area contributed by atoms with E-state index in [0.29, 0.717) is 11.4 Å². The van der Waals surface area contributed by atoms with E-state index >= 15 is 0 Å². The summed E-state index contributed by atoms with van der Waals surface area (Å²) in [5.74, 6) is -0.153. The van der Waals surface area contributed by atoms with Gasteiger partial charge in [0.05, 0.1) is 12.2 Å². The van der Waals surface area contributed by atoms with Gasteiger partial charge in [0.25, 0.3) is 0 Å². The zero-order chi connectivity index (χ0) is 14.5. The van der Waals surface area contributed by atoms with Crippen molar-refractivity contribution in [2.45, 2.75) is 13.3 Å². The normalized spacial score (nSPS) is 10.2. The maximum absolute atomic E-state index is 11.7. The molecule has 2 aromatic rings. The van der Waals surface area contributed by atoms with Crippen molar-refractivity contribution in [3.8, 4) is 0 Å². The van der Waals surface area contributed by atoms with Crippen LogP contribution in [0.1, 0.15) is 21.9 Å². The van der Waals surface area contributed by atoms with Crippen LogP contribution in [0.4, 0.5) is 5.82 Å². The second-order valence-electron chi connectivity index (χ2n) is 4.13. The molecular formula is C13H13N3O4. The molecule has 1 N–H and O–H groups in total. The molecule has 0 bridgehead atoms. The number of esters is 1. The summed E-state index contributed by atoms with van der Waals surface area (Å²) < 4.78 is 5.06. The number of carbonyl (C=O) groups excluding carboxylic acids is 1. The summed E-state index contributed by atoms with van der Waals surface area (Å²) in [6, 6.07) is 8.55. The van der Waals surface area contributed by atoms with Gasteiger partial charge in [-0.1, -0.05) is 18.2 Å². The first-order chi connectivity index (χ1) is 9.58. The number of H-pyrrole nitrogens is 1. The number of ether oxygens (including phenoxy) is 1. The Bertz CT molecular complexity index is 622. The number of nitrogens with zero attached hydrogens (tertiary/aromatic N) is 2. The van der Waals surface area contributed by atoms with Gasteiger partial charge in [-0.25, -0.2) is 14.8 Å². The zero-order valence-electron chi connectivity index (χ0n) is 10.8. The SMILES string of the molecule is Cc1nc(CCOC(=O)c2ccccc2)c([N+](=O)[O-])[nH]1. The molecule has 1 aromatic carbocycles. The number of hydrogen-bond acceptors (Lipinski definition) is 5. The minimum Gasteiger partial charge on any atom is -0.462 e. The largest absolute Gasteiger partial charge is 0.462 e. The number of hydrogen-bond donors (Lipinski definition) is 1. The smallest absolute Gasteiger partial charge is 0.344 e. The van der Waals surface area contributed by atoms with E-state index in [2.05, 4.69) is 9.97 Å². The maximum atomic E-state index is 11.7. The number of aromatic nitrogens is 2. The first-order valence-electron chi connectivity index (χ1n) is 6.00. The molecule has 0 fully saturated rings. The fourth-order valence-electron chi connectivity index (χ4n) is 1.75. The second-order valence-corrected chi connectivity index (χ2v) is 4.13. The van der Waals surface area contributed by atoms with E-state index in [1.165, 1.54) is 0 Å². The van der Waals surface area contributed by atoms with Crippen molar-refractivity contribution >= 4 is 11.8 Å². The van der Waals surface area contributed by atoms with Crippen LogP contribution in [0, 0.1) is 17.0 Å². The number of nitro groups is 1. The number of aromatic amines is 1. The third-order valence-electron chi connectivity index (χ3n) is 2.64. The van der Waals surface area contributed by atoms with Crippen LogP contribution in [0.2, 0.25) is 0 Å². The lowest BCUT2D eigenvalue weighted by Gasteiger charge is -2.03. The first kappa shape index (κ1) is 13.7. The zero-order valence-corrected chi connectivity index (χ0v) is 10.8. The quantitative estimate of drug-likeness (QED) is 0.511. The van der Waals surface area contributed by atoms with Gasteiger partial charge in [0, 0.05) is 13.3 Å². The number of rotatable bonds is 5. The molecule has 0 spiro atoms. The van der Waals surface area contributed by atoms with Gasteiger partial charge in [-0.05, 0) is 17.1 Å². The minimum atomic E-state index is -0.533. The summed E-state index contributed by atoms with van der Waals surface area (Å²) >= 11 is 0. The van der Waals surface area contributed by atoms with Gasteiger partial charge in [-0.3, -0.25) is 0 Å². The summed E-state index contributed by atoms with van der Waals surface area (Å²) in [5.41, 5.74) is 0.730. The highest BCUT2D eigenvalue weighted by Gasteiger charge is 2.18. The number of aryl methyl sites for hydroxylation is 1. The standard InChI is InChI=1S/C13H13N3O4/c1-9-14-11(12(15-9)16(18)19)7-8-20-13(17)10-5-3-2-4-6-10/h2-6H,7-8H2,1H3,(H,14,15). The summed E-state index contributed by atoms with van der Waals surface area (Å²) in [6.07, 6.45) is 0.194. The number of carbonyl (C=O) groups is 1. The third-order valence-corrected chi connectivity index (χ3v) is 2.64. The molecule has 7 nitrogen and oxygen atoms in total. The minimum absolute atomic E-state index is 0.0405. The lowest BCUT2D eigenvalue weighted by atomic mass is 10.2. The molecule has 20 heavy (non-hydrogen) atoms. The van der Waals surface area contributed by atoms with Crippen molar-refractivity contribution in [1.29, 1.82) is 0 Å². The van der Waals surface area contributed by atoms with E-state index in [1.54, 1.807) is 37.3 Å². The molecule has 7 heteroatoms. The van der Waals surface area contributed by atoms with Crippen molar-refractivity contribution in [1.82, 2.24) is 9.97 Å². The number of benzene rings is 1. The van der Waals surface area contributed by atoms with Gasteiger partial charge in [0.15, 0.2) is 5.82 Å². The maximum Gasteiger partial charge on any atom is 0.344 e. The molecule has 2 rings (SSSR count). The Morgan fingerprint density at radius 3 is 2.75 bits per heavy atom. The van der Waals surface area contributed by atoms with E-state index in [0.717, 1.165) is 0 Å². The highest BCUT2D eigenvalue weighted by atomic mass is 16.6. The molecule has 0 aliphatic carbocycles. The van der Waals surface area contributed by atoms with E-state index < -0.39 is 10.9 Å². The molecular weight excluding hydrogens is 262 g/mol. The Labute approximate surface area is 114 Å². The van der Waals surface area contributed by atoms with E-state index in [-0.39, 0.29) is 24.5 Å². The molecule has 0 aliphatic heterocycles. The van der Waals surface area contributed by atoms with E-state index in [1.807, 2.05) is 0 Å². The fraction of sp³-hybridized carbons (Fsp3) is 0.231. The predicted octanol–water partition coefficient (Wildman–Crippen LogP) is 2.03. The van der Waals surface area contributed by atoms with Gasteiger partial charge in [0.2, 0.25) is 0 Å². The van der Waals surface area contributed by atoms with Crippen LogP contribution in [0.5, 0.6) is 0 Å². The first-order valence-corrected chi connectivity index (χ1v) is 6.00. The van der Waals surface area contributed by atoms with Crippen LogP contribution >= 0.6 is 0 Å². The predicted molar refractivity (Wildman–Crippen MR) is 70.4 cm³/mol. The molecule has 1 aromatic heterocycles. The van der Waals surface area contributed by atoms with Crippen molar-refractivity contribution in [3.05, 3.63) is 57.5 Å². The van der Waals surface area contributed by atoms with Gasteiger partial charge in [-0.2, -0.15) is 0 Å². The van der Waals surface area contributed by atoms with Crippen LogP contribution in [-0.2, 0) is 11.2 Å². The summed E-state index contributed by atoms with van der Waals surface area (Å²) in [5, 5.41) is 10.8. The summed E-state index contributed by atoms with van der Waals surface area (Å²) in [6.45, 7) is 1.67. The summed E-state index contributed by atoms with van der Waals surface area (Å²) in [7, 11) is 0. The molecule has 0 radical (unpaired) electrons. The molecule has 0 unspecified atom stereocenters. The number of nitrogens with one attached hydrogen (secondary N) is 1. The van der Waals surface area contributed by atoms with Crippen molar-refractivity contribution in [2.24, 2.45) is 0 Å². The molecule has 0 aliphatic rings. The lowest BCUT2D eigenvalue weighted by Crippen LogP contribution is -2.09. The average Bonchev–Trinajstić information content (AvgIpc) is 2.81. The Balaban J connectivity index is 1.94. The van der Waals surface area contributed by atoms with Crippen LogP contribution in [0.25, 0.3) is 0 Å². The molecule has 0 amide bonds. The Hall–Kier alpha value is -2.70. The lowest BCUT2D eigenvalue weighted by molar-refractivity contribution is -0.390. The fourth-order valence-corrected chi connectivity index (χ4v) is 1.75. The van der Waals surface area contributed by atoms with Gasteiger partial charge >= 0.3 is 11.8 Å².